The summed E-state index contributed by atoms with van der Waals surface area (Å²) < 4.78 is 22.4. The number of aromatic hydroxyl groups is 1. The molecule has 0 unspecified atom stereocenters. The Labute approximate surface area is 343 Å². The summed E-state index contributed by atoms with van der Waals surface area (Å²) in [4.78, 5) is 10.0. The van der Waals surface area contributed by atoms with Gasteiger partial charge in [-0.05, 0) is 87.7 Å². The largest absolute Gasteiger partial charge is 0.507 e. The number of phenolic OH excluding ortho intramolecular Hbond substituents is 1. The summed E-state index contributed by atoms with van der Waals surface area (Å²) in [6.07, 6.45) is 2.60. The Kier molecular flexibility index (Phi) is 9.36. The van der Waals surface area contributed by atoms with Crippen LogP contribution in [0.15, 0.2) is 168 Å². The first-order valence-corrected chi connectivity index (χ1v) is 18.5. The van der Waals surface area contributed by atoms with Gasteiger partial charge in [-0.15, -0.1) is 12.1 Å². The van der Waals surface area contributed by atoms with Gasteiger partial charge in [-0.2, -0.15) is 0 Å². The first-order chi connectivity index (χ1) is 27.5. The Hall–Kier alpha value is -6.62. The molecule has 0 fully saturated rings. The van der Waals surface area contributed by atoms with E-state index in [1.165, 1.54) is 23.3 Å². The van der Waals surface area contributed by atoms with Crippen LogP contribution in [0.2, 0.25) is 0 Å². The van der Waals surface area contributed by atoms with E-state index in [-0.39, 0.29) is 32.6 Å². The number of hydrogen-bond acceptors (Lipinski definition) is 4. The third-order valence-electron chi connectivity index (χ3n) is 10.6. The minimum atomic E-state index is -0.280. The summed E-state index contributed by atoms with van der Waals surface area (Å²) in [5.74, 6) is 0.504. The summed E-state index contributed by atoms with van der Waals surface area (Å²) in [5.41, 5.74) is 13.2. The van der Waals surface area contributed by atoms with Crippen molar-refractivity contribution >= 4 is 33.0 Å². The smallest absolute Gasteiger partial charge is 0.143 e. The Bertz CT molecular complexity index is 3100. The first-order valence-electron chi connectivity index (χ1n) is 18.5. The van der Waals surface area contributed by atoms with Crippen LogP contribution in [0, 0.1) is 11.9 Å². The van der Waals surface area contributed by atoms with Gasteiger partial charge in [-0.1, -0.05) is 126 Å². The van der Waals surface area contributed by atoms with Crippen molar-refractivity contribution in [2.75, 3.05) is 0 Å². The number of imidazole rings is 1. The molecule has 7 aromatic carbocycles. The fourth-order valence-electron chi connectivity index (χ4n) is 7.74. The molecule has 1 N–H and O–H groups in total. The zero-order valence-electron chi connectivity index (χ0n) is 30.7. The molecule has 57 heavy (non-hydrogen) atoms. The normalized spacial score (nSPS) is 11.3. The summed E-state index contributed by atoms with van der Waals surface area (Å²) in [6, 6.07) is 54.9. The van der Waals surface area contributed by atoms with E-state index in [4.69, 9.17) is 14.4 Å². The minimum Gasteiger partial charge on any atom is -0.507 e. The van der Waals surface area contributed by atoms with E-state index in [0.717, 1.165) is 78.4 Å². The topological polar surface area (TPSA) is 64.1 Å². The molecular weight excluding hydrogens is 889 g/mol. The van der Waals surface area contributed by atoms with Gasteiger partial charge in [0.2, 0.25) is 0 Å². The molecule has 7 heteroatoms. The van der Waals surface area contributed by atoms with Gasteiger partial charge in [0.1, 0.15) is 23.0 Å². The number of benzene rings is 7. The number of nitrogens with zero attached hydrogens (tertiary/aromatic N) is 3. The molecule has 0 spiro atoms. The van der Waals surface area contributed by atoms with Crippen LogP contribution in [0.5, 0.6) is 5.75 Å². The molecule has 10 aromatic rings. The molecule has 0 radical (unpaired) electrons. The maximum absolute atomic E-state index is 13.8. The van der Waals surface area contributed by atoms with E-state index in [0.29, 0.717) is 17.0 Å². The summed E-state index contributed by atoms with van der Waals surface area (Å²) in [7, 11) is 1.98. The minimum absolute atomic E-state index is 0. The molecule has 0 saturated carbocycles. The van der Waals surface area contributed by atoms with Crippen molar-refractivity contribution in [3.8, 4) is 61.8 Å². The standard InChI is InChI=1S/C50H33FN3O2.Pt/c1-54-45-15-8-14-40(48(45)53-50(54)43-27-35(19-22-46(43)55)34-12-7-11-32(26-34)25-31-9-3-2-4-10-31)42-29-37(28-41-39-13-5-6-16-47(39)56-49(41)42)44-30-36(23-24-52-44)33-17-20-38(51)21-18-33;/h2-24,26-28,30,55H,25H2,1H3;/q-1;. The molecule has 278 valence electrons. The van der Waals surface area contributed by atoms with Crippen LogP contribution in [0.1, 0.15) is 11.1 Å². The van der Waals surface area contributed by atoms with Crippen molar-refractivity contribution in [3.63, 3.8) is 0 Å². The Balaban J connectivity index is 0.00000422. The van der Waals surface area contributed by atoms with Crippen molar-refractivity contribution in [1.82, 2.24) is 14.5 Å². The molecule has 0 atom stereocenters. The number of hydrogen-bond donors (Lipinski definition) is 1. The van der Waals surface area contributed by atoms with Crippen LogP contribution in [0.3, 0.4) is 0 Å². The zero-order valence-corrected chi connectivity index (χ0v) is 33.0. The molecule has 10 rings (SSSR count). The number of aryl methyl sites for hydroxylation is 1. The number of pyridine rings is 1. The van der Waals surface area contributed by atoms with Crippen molar-refractivity contribution in [2.45, 2.75) is 6.42 Å². The van der Waals surface area contributed by atoms with Crippen LogP contribution >= 0.6 is 0 Å². The molecule has 0 aliphatic carbocycles. The molecule has 0 aliphatic heterocycles. The fraction of sp³-hybridized carbons (Fsp3) is 0.0400. The predicted octanol–water partition coefficient (Wildman–Crippen LogP) is 12.4. The molecule has 5 nitrogen and oxygen atoms in total. The van der Waals surface area contributed by atoms with E-state index in [9.17, 15) is 9.50 Å². The molecule has 0 aliphatic rings. The van der Waals surface area contributed by atoms with Gasteiger partial charge in [0.05, 0.1) is 22.2 Å². The van der Waals surface area contributed by atoms with Gasteiger partial charge in [0.15, 0.2) is 0 Å². The molecule has 0 saturated heterocycles. The number of phenols is 1. The second-order valence-corrected chi connectivity index (χ2v) is 14.1. The third-order valence-corrected chi connectivity index (χ3v) is 10.6. The average molecular weight is 922 g/mol. The number of furan rings is 1. The number of rotatable bonds is 7. The maximum atomic E-state index is 13.8. The summed E-state index contributed by atoms with van der Waals surface area (Å²) >= 11 is 0. The quantitative estimate of drug-likeness (QED) is 0.162. The van der Waals surface area contributed by atoms with Crippen LogP contribution in [0.25, 0.3) is 89.0 Å². The number of fused-ring (bicyclic) bond motifs is 4. The van der Waals surface area contributed by atoms with E-state index >= 15 is 0 Å². The van der Waals surface area contributed by atoms with Crippen molar-refractivity contribution in [2.24, 2.45) is 7.05 Å². The van der Waals surface area contributed by atoms with Gasteiger partial charge in [0, 0.05) is 45.4 Å². The molecule has 3 heterocycles. The van der Waals surface area contributed by atoms with Crippen LogP contribution in [0.4, 0.5) is 4.39 Å². The van der Waals surface area contributed by atoms with Gasteiger partial charge in [-0.25, -0.2) is 9.37 Å². The number of para-hydroxylation sites is 2. The SMILES string of the molecule is Cn1c(-c2cc(-c3cccc(Cc4ccccc4)c3)ccc2O)nc2c(-c3[c-]c(-c4cc(-c5ccc(F)cc5)ccn4)cc4c3oc3ccccc34)cccc21.[Pt]. The van der Waals surface area contributed by atoms with Gasteiger partial charge in [0.25, 0.3) is 0 Å². The summed E-state index contributed by atoms with van der Waals surface area (Å²) in [6.45, 7) is 0. The molecule has 0 bridgehead atoms. The number of halogens is 1. The number of aromatic nitrogens is 3. The van der Waals surface area contributed by atoms with Gasteiger partial charge in [-0.3, -0.25) is 4.98 Å². The molecule has 3 aromatic heterocycles. The molecular formula is C50H33FN3O2Pt-. The maximum Gasteiger partial charge on any atom is 0.143 e. The van der Waals surface area contributed by atoms with E-state index in [2.05, 4.69) is 66.7 Å². The van der Waals surface area contributed by atoms with Crippen molar-refractivity contribution in [3.05, 3.63) is 187 Å². The summed E-state index contributed by atoms with van der Waals surface area (Å²) in [5, 5.41) is 13.2. The molecule has 0 amide bonds. The van der Waals surface area contributed by atoms with Crippen LogP contribution in [-0.2, 0) is 34.5 Å². The second kappa shape index (κ2) is 14.8. The van der Waals surface area contributed by atoms with E-state index < -0.39 is 0 Å². The zero-order chi connectivity index (χ0) is 37.8. The Morgan fingerprint density at radius 1 is 0.667 bits per heavy atom. The monoisotopic (exact) mass is 921 g/mol. The van der Waals surface area contributed by atoms with Crippen LogP contribution < -0.4 is 0 Å². The third kappa shape index (κ3) is 6.62. The first kappa shape index (κ1) is 36.0. The predicted molar refractivity (Wildman–Crippen MR) is 223 cm³/mol. The van der Waals surface area contributed by atoms with Gasteiger partial charge >= 0.3 is 0 Å². The van der Waals surface area contributed by atoms with Crippen LogP contribution in [-0.4, -0.2) is 19.6 Å². The van der Waals surface area contributed by atoms with E-state index in [1.54, 1.807) is 24.4 Å². The second-order valence-electron chi connectivity index (χ2n) is 14.1. The van der Waals surface area contributed by atoms with Gasteiger partial charge < -0.3 is 14.1 Å². The fourth-order valence-corrected chi connectivity index (χ4v) is 7.74. The van der Waals surface area contributed by atoms with Crippen molar-refractivity contribution in [1.29, 1.82) is 0 Å². The van der Waals surface area contributed by atoms with Crippen molar-refractivity contribution < 1.29 is 35.0 Å². The van der Waals surface area contributed by atoms with E-state index in [1.807, 2.05) is 78.3 Å². The Morgan fingerprint density at radius 3 is 2.26 bits per heavy atom. The average Bonchev–Trinajstić information content (AvgIpc) is 3.79. The Morgan fingerprint density at radius 2 is 1.40 bits per heavy atom.